The Labute approximate surface area is 107 Å². The van der Waals surface area contributed by atoms with E-state index in [1.165, 1.54) is 24.5 Å². The van der Waals surface area contributed by atoms with Gasteiger partial charge in [-0.05, 0) is 18.2 Å². The smallest absolute Gasteiger partial charge is 0.186 e. The summed E-state index contributed by atoms with van der Waals surface area (Å²) < 4.78 is 18.9. The number of nitrogens with two attached hydrogens (primary N) is 1. The highest BCUT2D eigenvalue weighted by molar-refractivity contribution is 6.30. The summed E-state index contributed by atoms with van der Waals surface area (Å²) in [5.74, 6) is -0.746. The lowest BCUT2D eigenvalue weighted by molar-refractivity contribution is 0.442. The van der Waals surface area contributed by atoms with Crippen molar-refractivity contribution in [3.8, 4) is 17.6 Å². The number of rotatable bonds is 2. The van der Waals surface area contributed by atoms with Crippen LogP contribution in [0.25, 0.3) is 0 Å². The highest BCUT2D eigenvalue weighted by Gasteiger charge is 2.13. The first kappa shape index (κ1) is 12.1. The van der Waals surface area contributed by atoms with E-state index in [1.54, 1.807) is 0 Å². The quantitative estimate of drug-likeness (QED) is 0.845. The average Bonchev–Trinajstić information content (AvgIpc) is 2.34. The second-order valence-corrected chi connectivity index (χ2v) is 3.83. The predicted molar refractivity (Wildman–Crippen MR) is 64.8 cm³/mol. The molecule has 0 bridgehead atoms. The minimum Gasteiger partial charge on any atom is -0.449 e. The maximum atomic E-state index is 13.6. The van der Waals surface area contributed by atoms with Crippen molar-refractivity contribution in [3.63, 3.8) is 0 Å². The van der Waals surface area contributed by atoms with E-state index in [0.717, 1.165) is 6.07 Å². The van der Waals surface area contributed by atoms with Gasteiger partial charge in [-0.2, -0.15) is 5.26 Å². The molecule has 0 aliphatic rings. The maximum absolute atomic E-state index is 13.6. The van der Waals surface area contributed by atoms with Gasteiger partial charge in [0.1, 0.15) is 6.07 Å². The number of nitrogens with zero attached hydrogens (tertiary/aromatic N) is 2. The number of aromatic nitrogens is 1. The molecule has 4 nitrogen and oxygen atoms in total. The predicted octanol–water partition coefficient (Wildman–Crippen LogP) is 3.12. The molecule has 0 aliphatic carbocycles. The third-order valence-corrected chi connectivity index (χ3v) is 2.37. The summed E-state index contributed by atoms with van der Waals surface area (Å²) in [5.41, 5.74) is 5.89. The van der Waals surface area contributed by atoms with Crippen molar-refractivity contribution >= 4 is 17.3 Å². The first-order valence-electron chi connectivity index (χ1n) is 4.88. The van der Waals surface area contributed by atoms with E-state index in [9.17, 15) is 4.39 Å². The molecule has 2 N–H and O–H groups in total. The molecule has 2 aromatic rings. The van der Waals surface area contributed by atoms with Crippen LogP contribution < -0.4 is 10.5 Å². The molecule has 0 spiro atoms. The molecule has 0 amide bonds. The fourth-order valence-electron chi connectivity index (χ4n) is 1.35. The van der Waals surface area contributed by atoms with Crippen LogP contribution in [0.5, 0.6) is 11.5 Å². The zero-order chi connectivity index (χ0) is 13.1. The van der Waals surface area contributed by atoms with E-state index < -0.39 is 5.82 Å². The first-order chi connectivity index (χ1) is 8.61. The fourth-order valence-corrected chi connectivity index (χ4v) is 1.56. The summed E-state index contributed by atoms with van der Waals surface area (Å²) in [6.45, 7) is 0. The van der Waals surface area contributed by atoms with Crippen LogP contribution in [0.3, 0.4) is 0 Å². The molecule has 0 unspecified atom stereocenters. The number of benzene rings is 1. The third kappa shape index (κ3) is 2.34. The van der Waals surface area contributed by atoms with E-state index >= 15 is 0 Å². The lowest BCUT2D eigenvalue weighted by Crippen LogP contribution is -1.97. The van der Waals surface area contributed by atoms with Crippen molar-refractivity contribution < 1.29 is 9.13 Å². The van der Waals surface area contributed by atoms with Crippen LogP contribution in [0, 0.1) is 17.1 Å². The van der Waals surface area contributed by atoms with Gasteiger partial charge in [-0.15, -0.1) is 0 Å². The number of nitrogen functional groups attached to an aromatic ring is 1. The summed E-state index contributed by atoms with van der Waals surface area (Å²) in [4.78, 5) is 3.80. The fraction of sp³-hybridized carbons (Fsp3) is 0. The number of halogens is 2. The molecule has 0 aliphatic heterocycles. The molecule has 0 atom stereocenters. The van der Waals surface area contributed by atoms with Gasteiger partial charge in [-0.25, -0.2) is 4.39 Å². The molecule has 6 heteroatoms. The van der Waals surface area contributed by atoms with Crippen LogP contribution in [0.4, 0.5) is 10.1 Å². The molecule has 2 rings (SSSR count). The number of hydrogen-bond acceptors (Lipinski definition) is 4. The Bertz CT molecular complexity index is 616. The van der Waals surface area contributed by atoms with Gasteiger partial charge in [0.25, 0.3) is 0 Å². The van der Waals surface area contributed by atoms with Crippen molar-refractivity contribution in [2.45, 2.75) is 0 Å². The number of pyridine rings is 1. The largest absolute Gasteiger partial charge is 0.449 e. The molecule has 0 radical (unpaired) electrons. The number of ether oxygens (including phenoxy) is 1. The molecule has 18 heavy (non-hydrogen) atoms. The Hall–Kier alpha value is -2.32. The second kappa shape index (κ2) is 4.90. The first-order valence-corrected chi connectivity index (χ1v) is 5.26. The molecule has 1 aromatic heterocycles. The standard InChI is InChI=1S/C12H7ClFN3O/c13-8-3-9(14)12(10(16)4-8)18-11-6-17-2-1-7(11)5-15/h1-4,6H,16H2. The normalized spacial score (nSPS) is 9.83. The Morgan fingerprint density at radius 3 is 2.89 bits per heavy atom. The van der Waals surface area contributed by atoms with Crippen molar-refractivity contribution in [1.82, 2.24) is 4.98 Å². The summed E-state index contributed by atoms with van der Waals surface area (Å²) in [6.07, 6.45) is 2.75. The molecular weight excluding hydrogens is 257 g/mol. The lowest BCUT2D eigenvalue weighted by Gasteiger charge is -2.10. The monoisotopic (exact) mass is 263 g/mol. The minimum absolute atomic E-state index is 0.0488. The van der Waals surface area contributed by atoms with Gasteiger partial charge in [0.05, 0.1) is 17.4 Å². The zero-order valence-corrected chi connectivity index (χ0v) is 9.78. The Morgan fingerprint density at radius 1 is 1.44 bits per heavy atom. The van der Waals surface area contributed by atoms with Gasteiger partial charge >= 0.3 is 0 Å². The number of anilines is 1. The van der Waals surface area contributed by atoms with Gasteiger partial charge in [0, 0.05) is 11.2 Å². The van der Waals surface area contributed by atoms with E-state index in [4.69, 9.17) is 27.3 Å². The summed E-state index contributed by atoms with van der Waals surface area (Å²) in [7, 11) is 0. The van der Waals surface area contributed by atoms with E-state index in [0.29, 0.717) is 0 Å². The summed E-state index contributed by atoms with van der Waals surface area (Å²) in [6, 6.07) is 5.81. The van der Waals surface area contributed by atoms with Crippen molar-refractivity contribution in [3.05, 3.63) is 47.0 Å². The van der Waals surface area contributed by atoms with Crippen LogP contribution in [0.1, 0.15) is 5.56 Å². The van der Waals surface area contributed by atoms with Gasteiger partial charge in [-0.1, -0.05) is 11.6 Å². The van der Waals surface area contributed by atoms with E-state index in [1.807, 2.05) is 6.07 Å². The number of nitriles is 1. The highest BCUT2D eigenvalue weighted by Crippen LogP contribution is 2.33. The molecule has 1 heterocycles. The lowest BCUT2D eigenvalue weighted by atomic mass is 10.2. The van der Waals surface area contributed by atoms with Gasteiger partial charge in [0.15, 0.2) is 17.3 Å². The van der Waals surface area contributed by atoms with Gasteiger partial charge in [-0.3, -0.25) is 4.98 Å². The average molecular weight is 264 g/mol. The molecule has 0 saturated carbocycles. The third-order valence-electron chi connectivity index (χ3n) is 2.15. The molecule has 0 saturated heterocycles. The van der Waals surface area contributed by atoms with Gasteiger partial charge < -0.3 is 10.5 Å². The molecule has 0 fully saturated rings. The summed E-state index contributed by atoms with van der Waals surface area (Å²) in [5, 5.41) is 9.05. The van der Waals surface area contributed by atoms with Crippen LogP contribution in [-0.4, -0.2) is 4.98 Å². The highest BCUT2D eigenvalue weighted by atomic mass is 35.5. The Morgan fingerprint density at radius 2 is 2.22 bits per heavy atom. The Kier molecular flexibility index (Phi) is 3.31. The van der Waals surface area contributed by atoms with Gasteiger partial charge in [0.2, 0.25) is 0 Å². The molecule has 1 aromatic carbocycles. The van der Waals surface area contributed by atoms with Crippen LogP contribution >= 0.6 is 11.6 Å². The van der Waals surface area contributed by atoms with Crippen LogP contribution in [0.2, 0.25) is 5.02 Å². The van der Waals surface area contributed by atoms with E-state index in [2.05, 4.69) is 4.98 Å². The second-order valence-electron chi connectivity index (χ2n) is 3.39. The molecular formula is C12H7ClFN3O. The van der Waals surface area contributed by atoms with Crippen molar-refractivity contribution in [2.75, 3.05) is 5.73 Å². The topological polar surface area (TPSA) is 71.9 Å². The minimum atomic E-state index is -0.701. The maximum Gasteiger partial charge on any atom is 0.186 e. The molecule has 90 valence electrons. The van der Waals surface area contributed by atoms with E-state index in [-0.39, 0.29) is 27.8 Å². The van der Waals surface area contributed by atoms with Crippen molar-refractivity contribution in [2.24, 2.45) is 0 Å². The Balaban J connectivity index is 2.44. The van der Waals surface area contributed by atoms with Crippen LogP contribution in [-0.2, 0) is 0 Å². The van der Waals surface area contributed by atoms with Crippen LogP contribution in [0.15, 0.2) is 30.6 Å². The zero-order valence-electron chi connectivity index (χ0n) is 9.02. The SMILES string of the molecule is N#Cc1ccncc1Oc1c(N)cc(Cl)cc1F. The summed E-state index contributed by atoms with van der Waals surface area (Å²) >= 11 is 5.64. The number of hydrogen-bond donors (Lipinski definition) is 1. The van der Waals surface area contributed by atoms with Crippen molar-refractivity contribution in [1.29, 1.82) is 5.26 Å².